The average Bonchev–Trinajstić information content (AvgIpc) is 2.37. The number of anilines is 1. The molecular weight excluding hydrogens is 289 g/mol. The number of piperazine rings is 1. The van der Waals surface area contributed by atoms with Crippen molar-refractivity contribution in [3.63, 3.8) is 0 Å². The molecule has 0 radical (unpaired) electrons. The summed E-state index contributed by atoms with van der Waals surface area (Å²) < 4.78 is 37.0. The Morgan fingerprint density at radius 2 is 1.85 bits per heavy atom. The Kier molecular flexibility index (Phi) is 4.74. The molecule has 0 saturated carbocycles. The number of aromatic nitrogens is 2. The van der Waals surface area contributed by atoms with E-state index in [-0.39, 0.29) is 0 Å². The fourth-order valence-corrected chi connectivity index (χ4v) is 2.59. The summed E-state index contributed by atoms with van der Waals surface area (Å²) in [7, 11) is 0. The van der Waals surface area contributed by atoms with Crippen LogP contribution >= 0.6 is 11.8 Å². The van der Waals surface area contributed by atoms with Crippen molar-refractivity contribution < 1.29 is 13.2 Å². The predicted octanol–water partition coefficient (Wildman–Crippen LogP) is 2.19. The van der Waals surface area contributed by atoms with Crippen LogP contribution < -0.4 is 4.90 Å². The number of alkyl halides is 3. The molecule has 0 aliphatic carbocycles. The van der Waals surface area contributed by atoms with E-state index in [0.29, 0.717) is 31.3 Å². The average molecular weight is 306 g/mol. The quantitative estimate of drug-likeness (QED) is 0.631. The second-order valence-electron chi connectivity index (χ2n) is 4.73. The van der Waals surface area contributed by atoms with Gasteiger partial charge in [-0.05, 0) is 13.2 Å². The summed E-state index contributed by atoms with van der Waals surface area (Å²) in [6.07, 6.45) is -2.22. The molecule has 0 amide bonds. The van der Waals surface area contributed by atoms with Gasteiger partial charge in [-0.15, -0.1) is 0 Å². The molecule has 4 nitrogen and oxygen atoms in total. The van der Waals surface area contributed by atoms with E-state index in [2.05, 4.69) is 9.97 Å². The lowest BCUT2D eigenvalue weighted by molar-refractivity contribution is -0.146. The van der Waals surface area contributed by atoms with E-state index < -0.39 is 12.7 Å². The van der Waals surface area contributed by atoms with Crippen LogP contribution in [-0.2, 0) is 0 Å². The molecule has 1 aliphatic rings. The molecule has 0 aromatic carbocycles. The largest absolute Gasteiger partial charge is 0.401 e. The molecule has 0 N–H and O–H groups in total. The summed E-state index contributed by atoms with van der Waals surface area (Å²) >= 11 is 1.46. The van der Waals surface area contributed by atoms with Crippen molar-refractivity contribution in [1.82, 2.24) is 14.9 Å². The molecule has 1 fully saturated rings. The van der Waals surface area contributed by atoms with Crippen molar-refractivity contribution in [3.05, 3.63) is 11.8 Å². The third-order valence-corrected chi connectivity index (χ3v) is 3.65. The lowest BCUT2D eigenvalue weighted by Gasteiger charge is -2.35. The van der Waals surface area contributed by atoms with Gasteiger partial charge in [0.2, 0.25) is 0 Å². The number of aryl methyl sites for hydroxylation is 1. The fourth-order valence-electron chi connectivity index (χ4n) is 2.17. The summed E-state index contributed by atoms with van der Waals surface area (Å²) in [5.41, 5.74) is 0.872. The number of nitrogens with zero attached hydrogens (tertiary/aromatic N) is 4. The molecule has 0 spiro atoms. The molecule has 1 aliphatic heterocycles. The third kappa shape index (κ3) is 4.24. The van der Waals surface area contributed by atoms with Gasteiger partial charge in [0, 0.05) is 37.9 Å². The highest BCUT2D eigenvalue weighted by Gasteiger charge is 2.32. The second kappa shape index (κ2) is 6.17. The van der Waals surface area contributed by atoms with Gasteiger partial charge in [0.15, 0.2) is 5.16 Å². The normalized spacial score (nSPS) is 17.6. The highest BCUT2D eigenvalue weighted by atomic mass is 32.2. The van der Waals surface area contributed by atoms with E-state index in [9.17, 15) is 13.2 Å². The summed E-state index contributed by atoms with van der Waals surface area (Å²) in [5.74, 6) is 0.800. The van der Waals surface area contributed by atoms with Gasteiger partial charge in [-0.3, -0.25) is 4.90 Å². The Bertz CT molecular complexity index is 459. The number of hydrogen-bond acceptors (Lipinski definition) is 5. The fraction of sp³-hybridized carbons (Fsp3) is 0.667. The monoisotopic (exact) mass is 306 g/mol. The van der Waals surface area contributed by atoms with E-state index in [4.69, 9.17) is 0 Å². The van der Waals surface area contributed by atoms with E-state index in [0.717, 1.165) is 11.5 Å². The molecule has 0 unspecified atom stereocenters. The second-order valence-corrected chi connectivity index (χ2v) is 5.51. The van der Waals surface area contributed by atoms with Crippen molar-refractivity contribution in [2.75, 3.05) is 43.9 Å². The first kappa shape index (κ1) is 15.4. The zero-order valence-corrected chi connectivity index (χ0v) is 12.3. The van der Waals surface area contributed by atoms with Gasteiger partial charge in [-0.2, -0.15) is 13.2 Å². The number of halogens is 3. The Hall–Kier alpha value is -1.02. The molecule has 1 saturated heterocycles. The first-order chi connectivity index (χ1) is 9.37. The number of rotatable bonds is 3. The van der Waals surface area contributed by atoms with Crippen LogP contribution in [0.4, 0.5) is 19.0 Å². The van der Waals surface area contributed by atoms with Crippen LogP contribution in [0.1, 0.15) is 5.69 Å². The van der Waals surface area contributed by atoms with Crippen molar-refractivity contribution in [2.24, 2.45) is 0 Å². The van der Waals surface area contributed by atoms with Crippen LogP contribution in [0.2, 0.25) is 0 Å². The zero-order valence-electron chi connectivity index (χ0n) is 11.4. The van der Waals surface area contributed by atoms with Crippen molar-refractivity contribution in [2.45, 2.75) is 18.3 Å². The van der Waals surface area contributed by atoms with Gasteiger partial charge in [-0.25, -0.2) is 9.97 Å². The molecule has 0 bridgehead atoms. The number of thioether (sulfide) groups is 1. The van der Waals surface area contributed by atoms with Crippen molar-refractivity contribution in [1.29, 1.82) is 0 Å². The van der Waals surface area contributed by atoms with Crippen LogP contribution in [0.25, 0.3) is 0 Å². The Labute approximate surface area is 120 Å². The molecule has 2 rings (SSSR count). The van der Waals surface area contributed by atoms with Gasteiger partial charge < -0.3 is 4.90 Å². The van der Waals surface area contributed by atoms with Crippen molar-refractivity contribution in [3.8, 4) is 0 Å². The zero-order chi connectivity index (χ0) is 14.8. The van der Waals surface area contributed by atoms with E-state index >= 15 is 0 Å². The summed E-state index contributed by atoms with van der Waals surface area (Å²) in [6.45, 7) is 2.97. The Morgan fingerprint density at radius 1 is 1.20 bits per heavy atom. The molecule has 8 heteroatoms. The van der Waals surface area contributed by atoms with Crippen LogP contribution in [-0.4, -0.2) is 60.0 Å². The lowest BCUT2D eigenvalue weighted by Crippen LogP contribution is -2.49. The summed E-state index contributed by atoms with van der Waals surface area (Å²) in [5, 5.41) is 0.692. The van der Waals surface area contributed by atoms with Crippen LogP contribution in [0.15, 0.2) is 11.2 Å². The Morgan fingerprint density at radius 3 is 2.40 bits per heavy atom. The number of hydrogen-bond donors (Lipinski definition) is 0. The molecule has 2 heterocycles. The minimum absolute atomic E-state index is 0.400. The lowest BCUT2D eigenvalue weighted by atomic mass is 10.3. The van der Waals surface area contributed by atoms with Crippen LogP contribution in [0.5, 0.6) is 0 Å². The van der Waals surface area contributed by atoms with E-state index in [1.54, 1.807) is 0 Å². The minimum Gasteiger partial charge on any atom is -0.354 e. The maximum atomic E-state index is 12.3. The van der Waals surface area contributed by atoms with E-state index in [1.807, 2.05) is 24.1 Å². The van der Waals surface area contributed by atoms with Gasteiger partial charge in [0.25, 0.3) is 0 Å². The van der Waals surface area contributed by atoms with Gasteiger partial charge in [0.1, 0.15) is 5.82 Å². The maximum Gasteiger partial charge on any atom is 0.401 e. The maximum absolute atomic E-state index is 12.3. The van der Waals surface area contributed by atoms with Gasteiger partial charge in [0.05, 0.1) is 6.54 Å². The first-order valence-electron chi connectivity index (χ1n) is 6.31. The smallest absolute Gasteiger partial charge is 0.354 e. The Balaban J connectivity index is 1.98. The summed E-state index contributed by atoms with van der Waals surface area (Å²) in [4.78, 5) is 12.1. The van der Waals surface area contributed by atoms with Gasteiger partial charge in [-0.1, -0.05) is 11.8 Å². The summed E-state index contributed by atoms with van der Waals surface area (Å²) in [6, 6.07) is 1.87. The van der Waals surface area contributed by atoms with Crippen LogP contribution in [0.3, 0.4) is 0 Å². The molecule has 112 valence electrons. The predicted molar refractivity (Wildman–Crippen MR) is 73.3 cm³/mol. The molecule has 20 heavy (non-hydrogen) atoms. The SMILES string of the molecule is CSc1nc(C)cc(N2CCN(CC(F)(F)F)CC2)n1. The highest BCUT2D eigenvalue weighted by Crippen LogP contribution is 2.21. The molecule has 1 aromatic heterocycles. The molecular formula is C12H17F3N4S. The third-order valence-electron chi connectivity index (χ3n) is 3.10. The topological polar surface area (TPSA) is 32.3 Å². The van der Waals surface area contributed by atoms with Gasteiger partial charge >= 0.3 is 6.18 Å². The molecule has 1 aromatic rings. The standard InChI is InChI=1S/C12H17F3N4S/c1-9-7-10(17-11(16-9)20-2)19-5-3-18(4-6-19)8-12(13,14)15/h7H,3-6,8H2,1-2H3. The molecule has 0 atom stereocenters. The highest BCUT2D eigenvalue weighted by molar-refractivity contribution is 7.98. The van der Waals surface area contributed by atoms with Crippen LogP contribution in [0, 0.1) is 6.92 Å². The minimum atomic E-state index is -4.13. The van der Waals surface area contributed by atoms with E-state index in [1.165, 1.54) is 16.7 Å². The van der Waals surface area contributed by atoms with Crippen molar-refractivity contribution >= 4 is 17.6 Å². The first-order valence-corrected chi connectivity index (χ1v) is 7.53.